The van der Waals surface area contributed by atoms with Crippen LogP contribution in [0.1, 0.15) is 15.9 Å². The van der Waals surface area contributed by atoms with Crippen LogP contribution in [-0.2, 0) is 11.3 Å². The topological polar surface area (TPSA) is 126 Å². The number of nitrogens with zero attached hydrogens (tertiary/aromatic N) is 4. The number of nitrogens with one attached hydrogen (secondary N) is 2. The minimum absolute atomic E-state index is 0.343. The number of nitrogens with two attached hydrogens (primary N) is 1. The normalized spacial score (nSPS) is 14.2. The molecular weight excluding hydrogens is 522 g/mol. The highest BCUT2D eigenvalue weighted by Crippen LogP contribution is 2.34. The first-order valence-corrected chi connectivity index (χ1v) is 13.3. The molecule has 0 atom stereocenters. The number of aromatic amines is 2. The summed E-state index contributed by atoms with van der Waals surface area (Å²) in [6.45, 7) is 4.26. The van der Waals surface area contributed by atoms with Gasteiger partial charge in [-0.2, -0.15) is 5.10 Å². The molecule has 1 saturated heterocycles. The minimum Gasteiger partial charge on any atom is -0.379 e. The average molecular weight is 546 g/mol. The quantitative estimate of drug-likeness (QED) is 0.269. The number of primary amides is 1. The highest BCUT2D eigenvalue weighted by molar-refractivity contribution is 7.99. The number of hydrogen-bond donors (Lipinski definition) is 3. The number of imidazole rings is 1. The molecule has 6 rings (SSSR count). The monoisotopic (exact) mass is 545 g/mol. The molecule has 38 heavy (non-hydrogen) atoms. The number of carbonyl (C=O) groups is 1. The van der Waals surface area contributed by atoms with E-state index in [1.807, 2.05) is 12.1 Å². The van der Waals surface area contributed by atoms with Gasteiger partial charge in [-0.15, -0.1) is 0 Å². The molecule has 0 radical (unpaired) electrons. The molecule has 0 bridgehead atoms. The largest absolute Gasteiger partial charge is 0.379 e. The molecule has 1 amide bonds. The summed E-state index contributed by atoms with van der Waals surface area (Å²) in [5, 5.41) is 8.53. The van der Waals surface area contributed by atoms with Gasteiger partial charge in [-0.1, -0.05) is 29.4 Å². The number of pyridine rings is 1. The van der Waals surface area contributed by atoms with E-state index in [4.69, 9.17) is 32.0 Å². The number of carbonyl (C=O) groups excluding carboxylic acids is 1. The Bertz CT molecular complexity index is 1610. The number of benzene rings is 2. The number of amides is 1. The van der Waals surface area contributed by atoms with Crippen LogP contribution in [0, 0.1) is 0 Å². The fraction of sp³-hybridized carbons (Fsp3) is 0.185. The van der Waals surface area contributed by atoms with E-state index in [1.165, 1.54) is 17.3 Å². The zero-order valence-electron chi connectivity index (χ0n) is 20.3. The SMILES string of the molecule is NC(=O)c1ccc(-c2c[nH]nc2-c2nc3cc(CN4CCOCC4)ccc3[nH]2)nc1Sc1ccc(Cl)cc1. The number of H-pyrrole nitrogens is 2. The zero-order chi connectivity index (χ0) is 26.1. The third kappa shape index (κ3) is 5.16. The summed E-state index contributed by atoms with van der Waals surface area (Å²) in [6, 6.07) is 17.1. The van der Waals surface area contributed by atoms with Crippen molar-refractivity contribution in [1.29, 1.82) is 0 Å². The van der Waals surface area contributed by atoms with Crippen LogP contribution in [0.4, 0.5) is 0 Å². The Morgan fingerprint density at radius 1 is 1.08 bits per heavy atom. The average Bonchev–Trinajstić information content (AvgIpc) is 3.57. The van der Waals surface area contributed by atoms with Crippen LogP contribution in [-0.4, -0.2) is 62.3 Å². The Morgan fingerprint density at radius 3 is 2.68 bits per heavy atom. The predicted molar refractivity (Wildman–Crippen MR) is 147 cm³/mol. The number of aromatic nitrogens is 5. The van der Waals surface area contributed by atoms with Crippen LogP contribution in [0.2, 0.25) is 5.02 Å². The summed E-state index contributed by atoms with van der Waals surface area (Å²) < 4.78 is 5.46. The van der Waals surface area contributed by atoms with Crippen molar-refractivity contribution in [3.63, 3.8) is 0 Å². The van der Waals surface area contributed by atoms with E-state index in [0.717, 1.165) is 54.3 Å². The van der Waals surface area contributed by atoms with Crippen molar-refractivity contribution in [3.8, 4) is 22.8 Å². The molecule has 3 aromatic heterocycles. The van der Waals surface area contributed by atoms with Gasteiger partial charge in [0.25, 0.3) is 5.91 Å². The summed E-state index contributed by atoms with van der Waals surface area (Å²) in [7, 11) is 0. The lowest BCUT2D eigenvalue weighted by molar-refractivity contribution is 0.0342. The smallest absolute Gasteiger partial charge is 0.251 e. The zero-order valence-corrected chi connectivity index (χ0v) is 21.9. The Balaban J connectivity index is 1.32. The van der Waals surface area contributed by atoms with E-state index in [0.29, 0.717) is 32.8 Å². The Hall–Kier alpha value is -3.70. The number of halogens is 1. The van der Waals surface area contributed by atoms with E-state index < -0.39 is 5.91 Å². The Labute approximate surface area is 227 Å². The standard InChI is InChI=1S/C27H24ClN7O2S/c28-17-2-4-18(5-3-17)38-27-19(25(29)36)6-8-21(33-27)20-14-30-34-24(20)26-31-22-7-1-16(13-23(22)32-26)15-35-9-11-37-12-10-35/h1-8,13-14H,9-12,15H2,(H2,29,36)(H,30,34)(H,31,32). The molecule has 4 heterocycles. The van der Waals surface area contributed by atoms with Gasteiger partial charge in [0, 0.05) is 41.3 Å². The van der Waals surface area contributed by atoms with Gasteiger partial charge in [0.1, 0.15) is 10.7 Å². The van der Waals surface area contributed by atoms with Crippen LogP contribution in [0.5, 0.6) is 0 Å². The van der Waals surface area contributed by atoms with Gasteiger partial charge in [0.2, 0.25) is 0 Å². The maximum absolute atomic E-state index is 12.1. The van der Waals surface area contributed by atoms with Crippen molar-refractivity contribution in [2.24, 2.45) is 5.73 Å². The van der Waals surface area contributed by atoms with Crippen LogP contribution in [0.15, 0.2) is 70.7 Å². The molecule has 1 fully saturated rings. The third-order valence-electron chi connectivity index (χ3n) is 6.35. The number of rotatable bonds is 7. The number of fused-ring (bicyclic) bond motifs is 1. The van der Waals surface area contributed by atoms with Crippen molar-refractivity contribution < 1.29 is 9.53 Å². The minimum atomic E-state index is -0.543. The van der Waals surface area contributed by atoms with Gasteiger partial charge in [0.15, 0.2) is 5.82 Å². The molecular formula is C27H24ClN7O2S. The lowest BCUT2D eigenvalue weighted by atomic mass is 10.1. The molecule has 0 saturated carbocycles. The highest BCUT2D eigenvalue weighted by atomic mass is 35.5. The molecule has 1 aliphatic heterocycles. The Kier molecular flexibility index (Phi) is 6.86. The summed E-state index contributed by atoms with van der Waals surface area (Å²) in [5.41, 5.74) is 11.0. The number of hydrogen-bond acceptors (Lipinski definition) is 7. The molecule has 4 N–H and O–H groups in total. The van der Waals surface area contributed by atoms with Crippen molar-refractivity contribution in [2.45, 2.75) is 16.5 Å². The van der Waals surface area contributed by atoms with Gasteiger partial charge in [0.05, 0.1) is 35.5 Å². The van der Waals surface area contributed by atoms with Crippen molar-refractivity contribution in [3.05, 3.63) is 76.9 Å². The molecule has 0 unspecified atom stereocenters. The molecule has 9 nitrogen and oxygen atoms in total. The first kappa shape index (κ1) is 24.6. The van der Waals surface area contributed by atoms with E-state index >= 15 is 0 Å². The molecule has 1 aliphatic rings. The second-order valence-electron chi connectivity index (χ2n) is 8.94. The van der Waals surface area contributed by atoms with E-state index in [1.54, 1.807) is 30.5 Å². The fourth-order valence-corrected chi connectivity index (χ4v) is 5.46. The maximum Gasteiger partial charge on any atom is 0.251 e. The van der Waals surface area contributed by atoms with Gasteiger partial charge >= 0.3 is 0 Å². The fourth-order valence-electron chi connectivity index (χ4n) is 4.42. The van der Waals surface area contributed by atoms with Crippen molar-refractivity contribution in [2.75, 3.05) is 26.3 Å². The van der Waals surface area contributed by atoms with E-state index in [-0.39, 0.29) is 0 Å². The van der Waals surface area contributed by atoms with Crippen molar-refractivity contribution >= 4 is 40.3 Å². The van der Waals surface area contributed by atoms with Gasteiger partial charge < -0.3 is 15.5 Å². The Morgan fingerprint density at radius 2 is 1.89 bits per heavy atom. The third-order valence-corrected chi connectivity index (χ3v) is 7.62. The van der Waals surface area contributed by atoms with Crippen LogP contribution < -0.4 is 5.73 Å². The molecule has 2 aromatic carbocycles. The van der Waals surface area contributed by atoms with E-state index in [2.05, 4.69) is 38.3 Å². The molecule has 5 aromatic rings. The second-order valence-corrected chi connectivity index (χ2v) is 10.4. The summed E-state index contributed by atoms with van der Waals surface area (Å²) in [5.74, 6) is 0.0885. The first-order valence-electron chi connectivity index (χ1n) is 12.1. The second kappa shape index (κ2) is 10.6. The summed E-state index contributed by atoms with van der Waals surface area (Å²) in [4.78, 5) is 28.4. The van der Waals surface area contributed by atoms with Gasteiger partial charge in [-0.3, -0.25) is 14.8 Å². The molecule has 0 spiro atoms. The summed E-state index contributed by atoms with van der Waals surface area (Å²) in [6.07, 6.45) is 1.77. The highest BCUT2D eigenvalue weighted by Gasteiger charge is 2.19. The van der Waals surface area contributed by atoms with Gasteiger partial charge in [-0.25, -0.2) is 9.97 Å². The molecule has 11 heteroatoms. The first-order chi connectivity index (χ1) is 18.5. The van der Waals surface area contributed by atoms with Crippen LogP contribution in [0.3, 0.4) is 0 Å². The van der Waals surface area contributed by atoms with Crippen LogP contribution in [0.25, 0.3) is 33.8 Å². The lowest BCUT2D eigenvalue weighted by Crippen LogP contribution is -2.35. The molecule has 192 valence electrons. The van der Waals surface area contributed by atoms with Crippen molar-refractivity contribution in [1.82, 2.24) is 30.0 Å². The number of morpholine rings is 1. The van der Waals surface area contributed by atoms with Crippen LogP contribution >= 0.6 is 23.4 Å². The summed E-state index contributed by atoms with van der Waals surface area (Å²) >= 11 is 7.37. The maximum atomic E-state index is 12.1. The predicted octanol–water partition coefficient (Wildman–Crippen LogP) is 4.75. The lowest BCUT2D eigenvalue weighted by Gasteiger charge is -2.26. The van der Waals surface area contributed by atoms with E-state index in [9.17, 15) is 4.79 Å². The molecule has 0 aliphatic carbocycles. The number of ether oxygens (including phenoxy) is 1. The van der Waals surface area contributed by atoms with Gasteiger partial charge in [-0.05, 0) is 54.1 Å².